The number of hydrogen-bond donors (Lipinski definition) is 0. The van der Waals surface area contributed by atoms with E-state index in [4.69, 9.17) is 0 Å². The lowest BCUT2D eigenvalue weighted by Gasteiger charge is -2.19. The number of thioether (sulfide) groups is 2. The highest BCUT2D eigenvalue weighted by atomic mass is 32.2. The van der Waals surface area contributed by atoms with Crippen LogP contribution in [0.4, 0.5) is 0 Å². The Bertz CT molecular complexity index is 262. The largest absolute Gasteiger partial charge is 0.377 e. The quantitative estimate of drug-likeness (QED) is 0.575. The van der Waals surface area contributed by atoms with Crippen LogP contribution in [-0.2, 0) is 4.79 Å². The van der Waals surface area contributed by atoms with E-state index in [0.29, 0.717) is 11.5 Å². The Balaban J connectivity index is 2.24. The first kappa shape index (κ1) is 9.46. The Hall–Kier alpha value is -0.0900. The van der Waals surface area contributed by atoms with Gasteiger partial charge in [-0.15, -0.1) is 23.5 Å². The van der Waals surface area contributed by atoms with Crippen LogP contribution in [0, 0.1) is 0 Å². The first-order valence-electron chi connectivity index (χ1n) is 4.47. The maximum absolute atomic E-state index is 11.6. The Morgan fingerprint density at radius 1 is 1.46 bits per heavy atom. The number of likely N-dealkylation sites (tertiary alicyclic amines) is 1. The predicted molar refractivity (Wildman–Crippen MR) is 58.8 cm³/mol. The SMILES string of the molecule is CN1CCC/C1=C1/SCSCC1=O. The number of allylic oxidation sites excluding steroid dienone is 2. The summed E-state index contributed by atoms with van der Waals surface area (Å²) < 4.78 is 0. The monoisotopic (exact) mass is 215 g/mol. The average Bonchev–Trinajstić information content (AvgIpc) is 2.52. The van der Waals surface area contributed by atoms with Crippen molar-refractivity contribution in [2.24, 2.45) is 0 Å². The van der Waals surface area contributed by atoms with Crippen LogP contribution in [0.1, 0.15) is 12.8 Å². The van der Waals surface area contributed by atoms with E-state index in [-0.39, 0.29) is 0 Å². The van der Waals surface area contributed by atoms with Gasteiger partial charge in [0.15, 0.2) is 5.78 Å². The van der Waals surface area contributed by atoms with E-state index in [9.17, 15) is 4.79 Å². The topological polar surface area (TPSA) is 20.3 Å². The zero-order valence-electron chi connectivity index (χ0n) is 7.71. The van der Waals surface area contributed by atoms with Crippen molar-refractivity contribution in [1.29, 1.82) is 0 Å². The third-order valence-electron chi connectivity index (χ3n) is 2.40. The first-order chi connectivity index (χ1) is 6.29. The molecule has 2 saturated heterocycles. The van der Waals surface area contributed by atoms with Gasteiger partial charge in [-0.3, -0.25) is 4.79 Å². The molecule has 13 heavy (non-hydrogen) atoms. The molecule has 72 valence electrons. The van der Waals surface area contributed by atoms with Crippen LogP contribution in [0.15, 0.2) is 10.6 Å². The fraction of sp³-hybridized carbons (Fsp3) is 0.667. The molecule has 2 heterocycles. The van der Waals surface area contributed by atoms with Gasteiger partial charge in [0, 0.05) is 24.4 Å². The number of hydrogen-bond acceptors (Lipinski definition) is 4. The lowest BCUT2D eigenvalue weighted by molar-refractivity contribution is -0.112. The molecule has 2 aliphatic rings. The normalized spacial score (nSPS) is 29.9. The molecular weight excluding hydrogens is 202 g/mol. The van der Waals surface area contributed by atoms with Gasteiger partial charge >= 0.3 is 0 Å². The third kappa shape index (κ3) is 1.89. The number of rotatable bonds is 0. The molecule has 4 heteroatoms. The summed E-state index contributed by atoms with van der Waals surface area (Å²) in [5, 5.41) is 1.04. The van der Waals surface area contributed by atoms with Crippen LogP contribution in [0.3, 0.4) is 0 Å². The maximum Gasteiger partial charge on any atom is 0.180 e. The molecule has 0 aromatic rings. The molecule has 0 spiro atoms. The summed E-state index contributed by atoms with van der Waals surface area (Å²) in [6, 6.07) is 0. The zero-order valence-corrected chi connectivity index (χ0v) is 9.34. The van der Waals surface area contributed by atoms with Crippen LogP contribution in [0.25, 0.3) is 0 Å². The molecule has 0 aromatic heterocycles. The van der Waals surface area contributed by atoms with E-state index in [2.05, 4.69) is 11.9 Å². The number of ketones is 1. The summed E-state index contributed by atoms with van der Waals surface area (Å²) in [6.07, 6.45) is 2.30. The second-order valence-corrected chi connectivity index (χ2v) is 5.67. The molecule has 0 amide bonds. The molecule has 2 fully saturated rings. The van der Waals surface area contributed by atoms with E-state index < -0.39 is 0 Å². The summed E-state index contributed by atoms with van der Waals surface area (Å²) in [4.78, 5) is 14.9. The van der Waals surface area contributed by atoms with Crippen LogP contribution >= 0.6 is 23.5 Å². The van der Waals surface area contributed by atoms with Crippen molar-refractivity contribution in [2.75, 3.05) is 24.4 Å². The van der Waals surface area contributed by atoms with Crippen LogP contribution in [-0.4, -0.2) is 35.1 Å². The Morgan fingerprint density at radius 2 is 2.31 bits per heavy atom. The third-order valence-corrected chi connectivity index (χ3v) is 4.76. The molecule has 0 aromatic carbocycles. The minimum absolute atomic E-state index is 0.338. The van der Waals surface area contributed by atoms with Crippen molar-refractivity contribution in [3.63, 3.8) is 0 Å². The van der Waals surface area contributed by atoms with Crippen molar-refractivity contribution in [2.45, 2.75) is 12.8 Å². The molecule has 2 aliphatic heterocycles. The van der Waals surface area contributed by atoms with Gasteiger partial charge < -0.3 is 4.90 Å². The molecule has 2 rings (SSSR count). The van der Waals surface area contributed by atoms with E-state index in [1.54, 1.807) is 23.5 Å². The van der Waals surface area contributed by atoms with Gasteiger partial charge in [0.1, 0.15) is 0 Å². The van der Waals surface area contributed by atoms with E-state index >= 15 is 0 Å². The van der Waals surface area contributed by atoms with Gasteiger partial charge in [-0.2, -0.15) is 0 Å². The number of carbonyl (C=O) groups excluding carboxylic acids is 1. The Kier molecular flexibility index (Phi) is 2.89. The molecule has 0 saturated carbocycles. The van der Waals surface area contributed by atoms with Gasteiger partial charge in [0.05, 0.1) is 10.7 Å². The Morgan fingerprint density at radius 3 is 2.92 bits per heavy atom. The van der Waals surface area contributed by atoms with Gasteiger partial charge in [-0.05, 0) is 12.8 Å². The first-order valence-corrected chi connectivity index (χ1v) is 6.61. The van der Waals surface area contributed by atoms with Crippen molar-refractivity contribution in [1.82, 2.24) is 4.90 Å². The van der Waals surface area contributed by atoms with Crippen molar-refractivity contribution >= 4 is 29.3 Å². The van der Waals surface area contributed by atoms with Crippen LogP contribution < -0.4 is 0 Å². The predicted octanol–water partition coefficient (Wildman–Crippen LogP) is 1.93. The van der Waals surface area contributed by atoms with Crippen LogP contribution in [0.5, 0.6) is 0 Å². The lowest BCUT2D eigenvalue weighted by Crippen LogP contribution is -2.17. The molecule has 0 radical (unpaired) electrons. The number of Topliss-reactive ketones (excluding diaryl/α,β-unsaturated/α-hetero) is 1. The molecule has 2 nitrogen and oxygen atoms in total. The summed E-state index contributed by atoms with van der Waals surface area (Å²) in [5.74, 6) is 1.02. The highest BCUT2D eigenvalue weighted by molar-refractivity contribution is 8.19. The highest BCUT2D eigenvalue weighted by Gasteiger charge is 2.24. The van der Waals surface area contributed by atoms with Crippen LogP contribution in [0.2, 0.25) is 0 Å². The van der Waals surface area contributed by atoms with Gasteiger partial charge in [-0.1, -0.05) is 0 Å². The number of nitrogens with zero attached hydrogens (tertiary/aromatic N) is 1. The summed E-state index contributed by atoms with van der Waals surface area (Å²) in [7, 11) is 2.09. The fourth-order valence-corrected chi connectivity index (χ4v) is 3.94. The second-order valence-electron chi connectivity index (χ2n) is 3.33. The molecule has 0 aliphatic carbocycles. The van der Waals surface area contributed by atoms with Gasteiger partial charge in [0.2, 0.25) is 0 Å². The average molecular weight is 215 g/mol. The van der Waals surface area contributed by atoms with Crippen molar-refractivity contribution in [3.8, 4) is 0 Å². The van der Waals surface area contributed by atoms with E-state index in [1.807, 2.05) is 0 Å². The smallest absolute Gasteiger partial charge is 0.180 e. The number of carbonyl (C=O) groups is 1. The summed E-state index contributed by atoms with van der Waals surface area (Å²) in [6.45, 7) is 1.11. The minimum Gasteiger partial charge on any atom is -0.377 e. The summed E-state index contributed by atoms with van der Waals surface area (Å²) >= 11 is 3.45. The molecule has 0 bridgehead atoms. The molecule has 0 unspecified atom stereocenters. The maximum atomic E-state index is 11.6. The van der Waals surface area contributed by atoms with Crippen molar-refractivity contribution in [3.05, 3.63) is 10.6 Å². The Labute approximate surface area is 87.1 Å². The van der Waals surface area contributed by atoms with Gasteiger partial charge in [-0.25, -0.2) is 0 Å². The zero-order chi connectivity index (χ0) is 9.26. The second kappa shape index (κ2) is 3.96. The minimum atomic E-state index is 0.338. The molecule has 0 atom stereocenters. The molecule has 0 N–H and O–H groups in total. The standard InChI is InChI=1S/C9H13NOS2/c1-10-4-2-3-7(10)9-8(11)5-12-6-13-9/h2-6H2,1H3/b9-7-. The lowest BCUT2D eigenvalue weighted by atomic mass is 10.2. The molecular formula is C9H13NOS2. The van der Waals surface area contributed by atoms with E-state index in [0.717, 1.165) is 23.0 Å². The van der Waals surface area contributed by atoms with Gasteiger partial charge in [0.25, 0.3) is 0 Å². The fourth-order valence-electron chi connectivity index (χ4n) is 1.72. The van der Waals surface area contributed by atoms with Crippen molar-refractivity contribution < 1.29 is 4.79 Å². The van der Waals surface area contributed by atoms with E-state index in [1.165, 1.54) is 12.1 Å². The summed E-state index contributed by atoms with van der Waals surface area (Å²) in [5.41, 5.74) is 1.29. The highest BCUT2D eigenvalue weighted by Crippen LogP contribution is 2.35.